The molecule has 1 aromatic heterocycles. The van der Waals surface area contributed by atoms with E-state index in [4.69, 9.17) is 5.11 Å². The van der Waals surface area contributed by atoms with Gasteiger partial charge in [0.15, 0.2) is 0 Å². The highest BCUT2D eigenvalue weighted by molar-refractivity contribution is 5.76. The van der Waals surface area contributed by atoms with Gasteiger partial charge in [-0.05, 0) is 50.5 Å². The van der Waals surface area contributed by atoms with E-state index in [-0.39, 0.29) is 11.8 Å². The second-order valence-corrected chi connectivity index (χ2v) is 7.29. The first-order valence-electron chi connectivity index (χ1n) is 9.03. The maximum atomic E-state index is 12.5. The van der Waals surface area contributed by atoms with Gasteiger partial charge in [-0.15, -0.1) is 0 Å². The zero-order valence-corrected chi connectivity index (χ0v) is 14.4. The lowest BCUT2D eigenvalue weighted by atomic mass is 9.80. The van der Waals surface area contributed by atoms with Crippen molar-refractivity contribution in [1.29, 1.82) is 0 Å². The van der Waals surface area contributed by atoms with Gasteiger partial charge < -0.3 is 10.0 Å². The molecule has 0 bridgehead atoms. The fourth-order valence-corrected chi connectivity index (χ4v) is 4.20. The maximum absolute atomic E-state index is 12.5. The van der Waals surface area contributed by atoms with Gasteiger partial charge in [0.05, 0.1) is 5.92 Å². The van der Waals surface area contributed by atoms with Crippen LogP contribution in [0.25, 0.3) is 0 Å². The Bertz CT molecular complexity index is 582. The lowest BCUT2D eigenvalue weighted by Gasteiger charge is -2.34. The molecule has 0 radical (unpaired) electrons. The number of amides is 1. The van der Waals surface area contributed by atoms with Crippen molar-refractivity contribution in [3.8, 4) is 0 Å². The Hall–Kier alpha value is -1.85. The maximum Gasteiger partial charge on any atom is 0.306 e. The van der Waals surface area contributed by atoms with Crippen LogP contribution in [-0.2, 0) is 16.6 Å². The Balaban J connectivity index is 1.44. The number of carboxylic acids is 1. The van der Waals surface area contributed by atoms with Crippen LogP contribution >= 0.6 is 0 Å². The summed E-state index contributed by atoms with van der Waals surface area (Å²) in [6.45, 7) is 1.64. The van der Waals surface area contributed by atoms with Crippen molar-refractivity contribution in [1.82, 2.24) is 14.7 Å². The van der Waals surface area contributed by atoms with Crippen molar-refractivity contribution >= 4 is 11.9 Å². The number of aromatic nitrogens is 2. The van der Waals surface area contributed by atoms with E-state index in [1.165, 1.54) is 5.69 Å². The Labute approximate surface area is 142 Å². The van der Waals surface area contributed by atoms with Crippen molar-refractivity contribution in [2.75, 3.05) is 13.1 Å². The van der Waals surface area contributed by atoms with E-state index in [0.717, 1.165) is 51.6 Å². The molecule has 132 valence electrons. The molecule has 0 spiro atoms. The number of aliphatic carboxylic acids is 1. The Morgan fingerprint density at radius 1 is 1.17 bits per heavy atom. The van der Waals surface area contributed by atoms with Gasteiger partial charge in [0.25, 0.3) is 0 Å². The molecule has 6 nitrogen and oxygen atoms in total. The third kappa shape index (κ3) is 3.79. The molecule has 1 aliphatic heterocycles. The van der Waals surface area contributed by atoms with Gasteiger partial charge in [0, 0.05) is 44.4 Å². The van der Waals surface area contributed by atoms with Gasteiger partial charge in [-0.1, -0.05) is 0 Å². The molecule has 0 aromatic carbocycles. The molecule has 1 saturated heterocycles. The second kappa shape index (κ2) is 7.36. The van der Waals surface area contributed by atoms with E-state index in [1.54, 1.807) is 0 Å². The summed E-state index contributed by atoms with van der Waals surface area (Å²) in [6, 6.07) is 2.07. The molecule has 1 saturated carbocycles. The summed E-state index contributed by atoms with van der Waals surface area (Å²) in [7, 11) is 1.97. The first kappa shape index (κ1) is 17.0. The largest absolute Gasteiger partial charge is 0.481 e. The van der Waals surface area contributed by atoms with Gasteiger partial charge in [0.2, 0.25) is 5.91 Å². The van der Waals surface area contributed by atoms with Crippen LogP contribution in [0.15, 0.2) is 12.3 Å². The molecular weight excluding hydrogens is 306 g/mol. The standard InChI is InChI=1S/C18H27N3O3/c1-20-16(6-9-19-20)14-7-10-21(11-8-14)17(22)12-13-2-4-15(5-3-13)18(23)24/h6,9,13-15H,2-5,7-8,10-12H2,1H3,(H,23,24). The van der Waals surface area contributed by atoms with Gasteiger partial charge >= 0.3 is 5.97 Å². The lowest BCUT2D eigenvalue weighted by molar-refractivity contribution is -0.143. The van der Waals surface area contributed by atoms with Crippen LogP contribution in [0, 0.1) is 11.8 Å². The van der Waals surface area contributed by atoms with Gasteiger partial charge in [-0.2, -0.15) is 5.10 Å². The highest BCUT2D eigenvalue weighted by atomic mass is 16.4. The predicted molar refractivity (Wildman–Crippen MR) is 89.5 cm³/mol. The molecule has 2 heterocycles. The fraction of sp³-hybridized carbons (Fsp3) is 0.722. The van der Waals surface area contributed by atoms with E-state index >= 15 is 0 Å². The van der Waals surface area contributed by atoms with Crippen LogP contribution < -0.4 is 0 Å². The van der Waals surface area contributed by atoms with E-state index in [2.05, 4.69) is 11.2 Å². The summed E-state index contributed by atoms with van der Waals surface area (Å²) in [5, 5.41) is 13.3. The number of hydrogen-bond acceptors (Lipinski definition) is 3. The summed E-state index contributed by atoms with van der Waals surface area (Å²) in [6.07, 6.45) is 7.59. The summed E-state index contributed by atoms with van der Waals surface area (Å²) in [5.74, 6) is 0.218. The molecule has 1 amide bonds. The number of piperidine rings is 1. The van der Waals surface area contributed by atoms with Crippen molar-refractivity contribution in [2.24, 2.45) is 18.9 Å². The van der Waals surface area contributed by atoms with Crippen molar-refractivity contribution in [3.63, 3.8) is 0 Å². The molecule has 1 N–H and O–H groups in total. The predicted octanol–water partition coefficient (Wildman–Crippen LogP) is 2.41. The molecule has 3 rings (SSSR count). The monoisotopic (exact) mass is 333 g/mol. The molecule has 2 fully saturated rings. The van der Waals surface area contributed by atoms with Crippen LogP contribution in [0.5, 0.6) is 0 Å². The molecule has 6 heteroatoms. The average molecular weight is 333 g/mol. The first-order chi connectivity index (χ1) is 11.5. The summed E-state index contributed by atoms with van der Waals surface area (Å²) >= 11 is 0. The molecular formula is C18H27N3O3. The number of rotatable bonds is 4. The van der Waals surface area contributed by atoms with E-state index < -0.39 is 5.97 Å². The third-order valence-electron chi connectivity index (χ3n) is 5.78. The second-order valence-electron chi connectivity index (χ2n) is 7.29. The molecule has 0 atom stereocenters. The van der Waals surface area contributed by atoms with E-state index in [9.17, 15) is 9.59 Å². The molecule has 0 unspecified atom stereocenters. The molecule has 1 aromatic rings. The first-order valence-corrected chi connectivity index (χ1v) is 9.03. The highest BCUT2D eigenvalue weighted by Gasteiger charge is 2.30. The minimum atomic E-state index is -0.683. The lowest BCUT2D eigenvalue weighted by Crippen LogP contribution is -2.39. The zero-order valence-electron chi connectivity index (χ0n) is 14.4. The quantitative estimate of drug-likeness (QED) is 0.918. The number of carbonyl (C=O) groups excluding carboxylic acids is 1. The summed E-state index contributed by atoms with van der Waals surface area (Å²) in [4.78, 5) is 25.5. The van der Waals surface area contributed by atoms with E-state index in [1.807, 2.05) is 22.8 Å². The van der Waals surface area contributed by atoms with E-state index in [0.29, 0.717) is 18.3 Å². The van der Waals surface area contributed by atoms with Crippen LogP contribution in [-0.4, -0.2) is 44.8 Å². The van der Waals surface area contributed by atoms with Gasteiger partial charge in [-0.3, -0.25) is 14.3 Å². The fourth-order valence-electron chi connectivity index (χ4n) is 4.20. The normalized spacial score (nSPS) is 25.6. The Morgan fingerprint density at radius 2 is 1.83 bits per heavy atom. The Kier molecular flexibility index (Phi) is 5.21. The number of carboxylic acid groups (broad SMARTS) is 1. The van der Waals surface area contributed by atoms with Crippen molar-refractivity contribution < 1.29 is 14.7 Å². The van der Waals surface area contributed by atoms with Crippen LogP contribution in [0.4, 0.5) is 0 Å². The smallest absolute Gasteiger partial charge is 0.306 e. The van der Waals surface area contributed by atoms with Crippen molar-refractivity contribution in [3.05, 3.63) is 18.0 Å². The Morgan fingerprint density at radius 3 is 2.38 bits per heavy atom. The number of aryl methyl sites for hydroxylation is 1. The molecule has 24 heavy (non-hydrogen) atoms. The minimum Gasteiger partial charge on any atom is -0.481 e. The molecule has 2 aliphatic rings. The van der Waals surface area contributed by atoms with Crippen LogP contribution in [0.2, 0.25) is 0 Å². The number of nitrogens with zero attached hydrogens (tertiary/aromatic N) is 3. The average Bonchev–Trinajstić information content (AvgIpc) is 3.01. The van der Waals surface area contributed by atoms with Crippen molar-refractivity contribution in [2.45, 2.75) is 50.9 Å². The van der Waals surface area contributed by atoms with Crippen LogP contribution in [0.1, 0.15) is 56.6 Å². The number of hydrogen-bond donors (Lipinski definition) is 1. The van der Waals surface area contributed by atoms with Gasteiger partial charge in [-0.25, -0.2) is 0 Å². The SMILES string of the molecule is Cn1nccc1C1CCN(C(=O)CC2CCC(C(=O)O)CC2)CC1. The van der Waals surface area contributed by atoms with Crippen LogP contribution in [0.3, 0.4) is 0 Å². The minimum absolute atomic E-state index is 0.203. The van der Waals surface area contributed by atoms with Gasteiger partial charge in [0.1, 0.15) is 0 Å². The summed E-state index contributed by atoms with van der Waals surface area (Å²) in [5.41, 5.74) is 1.26. The zero-order chi connectivity index (χ0) is 17.1. The highest BCUT2D eigenvalue weighted by Crippen LogP contribution is 2.32. The topological polar surface area (TPSA) is 75.4 Å². The number of likely N-dealkylation sites (tertiary alicyclic amines) is 1. The number of carbonyl (C=O) groups is 2. The third-order valence-corrected chi connectivity index (χ3v) is 5.78. The summed E-state index contributed by atoms with van der Waals surface area (Å²) < 4.78 is 1.93. The molecule has 1 aliphatic carbocycles.